The van der Waals surface area contributed by atoms with Crippen LogP contribution in [0.15, 0.2) is 51.2 Å². The maximum Gasteiger partial charge on any atom is 0.251 e. The third-order valence-electron chi connectivity index (χ3n) is 4.96. The summed E-state index contributed by atoms with van der Waals surface area (Å²) >= 11 is 7.81. The summed E-state index contributed by atoms with van der Waals surface area (Å²) in [7, 11) is 2.13. The van der Waals surface area contributed by atoms with Crippen molar-refractivity contribution in [1.29, 1.82) is 0 Å². The van der Waals surface area contributed by atoms with Gasteiger partial charge in [0.25, 0.3) is 5.91 Å². The average molecular weight is 430 g/mol. The number of nitrogens with zero attached hydrogens (tertiary/aromatic N) is 2. The number of unbranched alkanes of at least 4 members (excludes halogenated alkanes) is 1. The highest BCUT2D eigenvalue weighted by atomic mass is 35.5. The smallest absolute Gasteiger partial charge is 0.251 e. The van der Waals surface area contributed by atoms with Gasteiger partial charge in [-0.1, -0.05) is 36.7 Å². The average Bonchev–Trinajstić information content (AvgIpc) is 2.84. The van der Waals surface area contributed by atoms with E-state index in [1.54, 1.807) is 11.8 Å². The second kappa shape index (κ2) is 10.3. The fraction of sp³-hybridized carbons (Fsp3) is 0.391. The Hall–Kier alpha value is -1.82. The van der Waals surface area contributed by atoms with E-state index in [0.29, 0.717) is 17.1 Å². The molecule has 0 aliphatic carbocycles. The summed E-state index contributed by atoms with van der Waals surface area (Å²) in [5.41, 5.74) is 3.41. The Kier molecular flexibility index (Phi) is 7.76. The maximum atomic E-state index is 12.6. The van der Waals surface area contributed by atoms with E-state index in [4.69, 9.17) is 16.6 Å². The van der Waals surface area contributed by atoms with Crippen LogP contribution in [-0.2, 0) is 0 Å². The number of fused-ring (bicyclic) bond motifs is 2. The van der Waals surface area contributed by atoms with Crippen LogP contribution in [0.3, 0.4) is 0 Å². The van der Waals surface area contributed by atoms with E-state index in [0.717, 1.165) is 46.3 Å². The molecule has 154 valence electrons. The Labute approximate surface area is 182 Å². The van der Waals surface area contributed by atoms with Gasteiger partial charge in [0.1, 0.15) is 0 Å². The molecule has 29 heavy (non-hydrogen) atoms. The molecule has 1 N–H and O–H groups in total. The Balaban J connectivity index is 1.64. The SMILES string of the molecule is CCCCN(C)CCCNC(=O)c1ccc2c(c1)N=C(C)c1cc(Cl)ccc1S2. The number of carbonyl (C=O) groups is 1. The molecule has 0 radical (unpaired) electrons. The van der Waals surface area contributed by atoms with Crippen LogP contribution in [0.5, 0.6) is 0 Å². The minimum Gasteiger partial charge on any atom is -0.352 e. The van der Waals surface area contributed by atoms with E-state index < -0.39 is 0 Å². The van der Waals surface area contributed by atoms with Gasteiger partial charge in [-0.25, -0.2) is 0 Å². The van der Waals surface area contributed by atoms with Gasteiger partial charge in [-0.2, -0.15) is 0 Å². The van der Waals surface area contributed by atoms with E-state index in [2.05, 4.69) is 24.2 Å². The van der Waals surface area contributed by atoms with Crippen molar-refractivity contribution in [3.8, 4) is 0 Å². The molecule has 2 aromatic rings. The molecule has 6 heteroatoms. The lowest BCUT2D eigenvalue weighted by atomic mass is 10.1. The first-order chi connectivity index (χ1) is 14.0. The second-order valence-corrected chi connectivity index (χ2v) is 8.91. The molecule has 0 bridgehead atoms. The Morgan fingerprint density at radius 3 is 2.69 bits per heavy atom. The van der Waals surface area contributed by atoms with E-state index in [1.807, 2.05) is 43.3 Å². The lowest BCUT2D eigenvalue weighted by Crippen LogP contribution is -2.28. The zero-order valence-electron chi connectivity index (χ0n) is 17.3. The van der Waals surface area contributed by atoms with Crippen LogP contribution in [-0.4, -0.2) is 43.2 Å². The lowest BCUT2D eigenvalue weighted by Gasteiger charge is -2.16. The van der Waals surface area contributed by atoms with Crippen molar-refractivity contribution in [3.63, 3.8) is 0 Å². The van der Waals surface area contributed by atoms with E-state index in [-0.39, 0.29) is 5.91 Å². The van der Waals surface area contributed by atoms with Crippen LogP contribution in [0.2, 0.25) is 5.02 Å². The van der Waals surface area contributed by atoms with Gasteiger partial charge >= 0.3 is 0 Å². The molecule has 0 aromatic heterocycles. The quantitative estimate of drug-likeness (QED) is 0.539. The lowest BCUT2D eigenvalue weighted by molar-refractivity contribution is 0.0952. The number of benzene rings is 2. The van der Waals surface area contributed by atoms with Crippen LogP contribution in [0.4, 0.5) is 5.69 Å². The Morgan fingerprint density at radius 1 is 1.14 bits per heavy atom. The van der Waals surface area contributed by atoms with Gasteiger partial charge in [-0.3, -0.25) is 9.79 Å². The number of halogens is 1. The molecule has 4 nitrogen and oxygen atoms in total. The van der Waals surface area contributed by atoms with Crippen molar-refractivity contribution in [2.24, 2.45) is 4.99 Å². The summed E-state index contributed by atoms with van der Waals surface area (Å²) in [6.07, 6.45) is 3.36. The molecule has 0 atom stereocenters. The Bertz CT molecular complexity index is 913. The molecule has 1 aliphatic heterocycles. The van der Waals surface area contributed by atoms with Gasteiger partial charge in [0.05, 0.1) is 5.69 Å². The van der Waals surface area contributed by atoms with Gasteiger partial charge in [0.2, 0.25) is 0 Å². The molecule has 0 unspecified atom stereocenters. The standard InChI is InChI=1S/C23H28ClN3OS/c1-4-5-12-27(3)13-6-11-25-23(28)17-7-9-22-20(14-17)26-16(2)19-15-18(24)8-10-21(19)29-22/h7-10,14-15H,4-6,11-13H2,1-3H3,(H,25,28). The molecular formula is C23H28ClN3OS. The highest BCUT2D eigenvalue weighted by Crippen LogP contribution is 2.41. The number of hydrogen-bond acceptors (Lipinski definition) is 4. The number of rotatable bonds is 8. The Morgan fingerprint density at radius 2 is 1.90 bits per heavy atom. The third-order valence-corrected chi connectivity index (χ3v) is 6.33. The summed E-state index contributed by atoms with van der Waals surface area (Å²) in [5, 5.41) is 3.73. The zero-order chi connectivity index (χ0) is 20.8. The van der Waals surface area contributed by atoms with Crippen LogP contribution in [0.25, 0.3) is 0 Å². The molecule has 2 aromatic carbocycles. The molecule has 1 heterocycles. The molecule has 0 saturated heterocycles. The van der Waals surface area contributed by atoms with Crippen molar-refractivity contribution in [1.82, 2.24) is 10.2 Å². The number of carbonyl (C=O) groups excluding carboxylic acids is 1. The highest BCUT2D eigenvalue weighted by Gasteiger charge is 2.17. The predicted molar refractivity (Wildman–Crippen MR) is 123 cm³/mol. The summed E-state index contributed by atoms with van der Waals surface area (Å²) in [4.78, 5) is 21.8. The first kappa shape index (κ1) is 21.9. The minimum absolute atomic E-state index is 0.0494. The van der Waals surface area contributed by atoms with Gasteiger partial charge in [0.15, 0.2) is 0 Å². The van der Waals surface area contributed by atoms with Crippen LogP contribution >= 0.6 is 23.4 Å². The van der Waals surface area contributed by atoms with E-state index in [1.165, 1.54) is 12.8 Å². The van der Waals surface area contributed by atoms with E-state index in [9.17, 15) is 4.79 Å². The van der Waals surface area contributed by atoms with Crippen molar-refractivity contribution >= 4 is 40.7 Å². The first-order valence-electron chi connectivity index (χ1n) is 10.1. The summed E-state index contributed by atoms with van der Waals surface area (Å²) in [5.74, 6) is -0.0494. The van der Waals surface area contributed by atoms with E-state index >= 15 is 0 Å². The molecule has 0 spiro atoms. The normalized spacial score (nSPS) is 12.8. The van der Waals surface area contributed by atoms with Crippen LogP contribution in [0, 0.1) is 0 Å². The van der Waals surface area contributed by atoms with Crippen molar-refractivity contribution < 1.29 is 4.79 Å². The van der Waals surface area contributed by atoms with Crippen LogP contribution in [0.1, 0.15) is 49.0 Å². The van der Waals surface area contributed by atoms with Gasteiger partial charge in [0, 0.05) is 38.2 Å². The number of nitrogens with one attached hydrogen (secondary N) is 1. The summed E-state index contributed by atoms with van der Waals surface area (Å²) < 4.78 is 0. The fourth-order valence-electron chi connectivity index (χ4n) is 3.26. The predicted octanol–water partition coefficient (Wildman–Crippen LogP) is 5.80. The first-order valence-corrected chi connectivity index (χ1v) is 11.3. The molecular weight excluding hydrogens is 402 g/mol. The maximum absolute atomic E-state index is 12.6. The van der Waals surface area contributed by atoms with Crippen molar-refractivity contribution in [2.45, 2.75) is 42.9 Å². The second-order valence-electron chi connectivity index (χ2n) is 7.39. The monoisotopic (exact) mass is 429 g/mol. The topological polar surface area (TPSA) is 44.7 Å². The molecule has 0 saturated carbocycles. The van der Waals surface area contributed by atoms with Gasteiger partial charge < -0.3 is 10.2 Å². The van der Waals surface area contributed by atoms with Gasteiger partial charge in [-0.15, -0.1) is 0 Å². The molecule has 3 rings (SSSR count). The minimum atomic E-state index is -0.0494. The third kappa shape index (κ3) is 5.84. The molecule has 1 amide bonds. The molecule has 0 fully saturated rings. The van der Waals surface area contributed by atoms with Gasteiger partial charge in [-0.05, 0) is 76.3 Å². The largest absolute Gasteiger partial charge is 0.352 e. The van der Waals surface area contributed by atoms with Crippen molar-refractivity contribution in [2.75, 3.05) is 26.7 Å². The highest BCUT2D eigenvalue weighted by molar-refractivity contribution is 7.99. The summed E-state index contributed by atoms with van der Waals surface area (Å²) in [6.45, 7) is 6.95. The summed E-state index contributed by atoms with van der Waals surface area (Å²) in [6, 6.07) is 11.6. The number of hydrogen-bond donors (Lipinski definition) is 1. The van der Waals surface area contributed by atoms with Crippen LogP contribution < -0.4 is 5.32 Å². The number of aliphatic imine (C=N–C) groups is 1. The van der Waals surface area contributed by atoms with Crippen molar-refractivity contribution in [3.05, 3.63) is 52.5 Å². The number of amides is 1. The molecule has 1 aliphatic rings. The zero-order valence-corrected chi connectivity index (χ0v) is 18.9. The fourth-order valence-corrected chi connectivity index (χ4v) is 4.47.